The van der Waals surface area contributed by atoms with Crippen molar-refractivity contribution in [3.05, 3.63) is 11.1 Å². The lowest BCUT2D eigenvalue weighted by molar-refractivity contribution is 0.121. The van der Waals surface area contributed by atoms with Crippen LogP contribution in [-0.2, 0) is 6.54 Å². The van der Waals surface area contributed by atoms with Gasteiger partial charge in [0.1, 0.15) is 0 Å². The summed E-state index contributed by atoms with van der Waals surface area (Å²) < 4.78 is 0. The quantitative estimate of drug-likeness (QED) is 0.819. The van der Waals surface area contributed by atoms with E-state index in [1.54, 1.807) is 11.3 Å². The number of thiazole rings is 1. The highest BCUT2D eigenvalue weighted by molar-refractivity contribution is 7.15. The van der Waals surface area contributed by atoms with Crippen LogP contribution in [0.3, 0.4) is 0 Å². The molecule has 1 aliphatic rings. The predicted octanol–water partition coefficient (Wildman–Crippen LogP) is 1.25. The summed E-state index contributed by atoms with van der Waals surface area (Å²) in [6.45, 7) is 11.1. The molecule has 1 aliphatic heterocycles. The van der Waals surface area contributed by atoms with E-state index < -0.39 is 0 Å². The van der Waals surface area contributed by atoms with Gasteiger partial charge in [-0.3, -0.25) is 9.80 Å². The van der Waals surface area contributed by atoms with Gasteiger partial charge < -0.3 is 10.2 Å². The molecule has 1 N–H and O–H groups in total. The van der Waals surface area contributed by atoms with Crippen LogP contribution in [0.2, 0.25) is 0 Å². The van der Waals surface area contributed by atoms with Crippen LogP contribution in [-0.4, -0.2) is 79.6 Å². The third-order valence-corrected chi connectivity index (χ3v) is 4.53. The molecule has 0 atom stereocenters. The number of rotatable bonds is 7. The SMILES string of the molecule is CCNc1ncc(CN2CCN(CCN(C)C)CC2)s1. The summed E-state index contributed by atoms with van der Waals surface area (Å²) in [5.74, 6) is 0. The molecule has 0 amide bonds. The van der Waals surface area contributed by atoms with Gasteiger partial charge in [0.05, 0.1) is 0 Å². The lowest BCUT2D eigenvalue weighted by Crippen LogP contribution is -2.47. The zero-order valence-electron chi connectivity index (χ0n) is 12.9. The Hall–Kier alpha value is -0.690. The van der Waals surface area contributed by atoms with Crippen LogP contribution in [0, 0.1) is 0 Å². The molecule has 0 spiro atoms. The van der Waals surface area contributed by atoms with Gasteiger partial charge in [-0.1, -0.05) is 0 Å². The summed E-state index contributed by atoms with van der Waals surface area (Å²) in [6, 6.07) is 0. The third kappa shape index (κ3) is 5.01. The molecule has 114 valence electrons. The maximum Gasteiger partial charge on any atom is 0.182 e. The maximum atomic E-state index is 4.40. The number of hydrogen-bond acceptors (Lipinski definition) is 6. The lowest BCUT2D eigenvalue weighted by atomic mass is 10.3. The maximum absolute atomic E-state index is 4.40. The number of nitrogens with one attached hydrogen (secondary N) is 1. The van der Waals surface area contributed by atoms with Crippen molar-refractivity contribution in [1.29, 1.82) is 0 Å². The first kappa shape index (κ1) is 15.7. The van der Waals surface area contributed by atoms with Crippen LogP contribution in [0.1, 0.15) is 11.8 Å². The molecule has 6 heteroatoms. The number of hydrogen-bond donors (Lipinski definition) is 1. The normalized spacial score (nSPS) is 17.8. The van der Waals surface area contributed by atoms with Gasteiger partial charge in [0.2, 0.25) is 0 Å². The molecule has 0 aromatic carbocycles. The molecule has 2 rings (SSSR count). The number of likely N-dealkylation sites (N-methyl/N-ethyl adjacent to an activating group) is 1. The highest BCUT2D eigenvalue weighted by Crippen LogP contribution is 2.20. The van der Waals surface area contributed by atoms with Crippen molar-refractivity contribution >= 4 is 16.5 Å². The van der Waals surface area contributed by atoms with E-state index in [9.17, 15) is 0 Å². The van der Waals surface area contributed by atoms with Crippen molar-refractivity contribution in [3.63, 3.8) is 0 Å². The Morgan fingerprint density at radius 1 is 1.25 bits per heavy atom. The average molecular weight is 297 g/mol. The second-order valence-corrected chi connectivity index (χ2v) is 6.70. The number of anilines is 1. The van der Waals surface area contributed by atoms with Crippen molar-refractivity contribution in [2.45, 2.75) is 13.5 Å². The van der Waals surface area contributed by atoms with Crippen molar-refractivity contribution in [2.24, 2.45) is 0 Å². The molecule has 0 saturated carbocycles. The van der Waals surface area contributed by atoms with Gasteiger partial charge in [-0.2, -0.15) is 0 Å². The van der Waals surface area contributed by atoms with Gasteiger partial charge in [0, 0.05) is 63.4 Å². The second kappa shape index (κ2) is 7.93. The van der Waals surface area contributed by atoms with Gasteiger partial charge in [0.25, 0.3) is 0 Å². The van der Waals surface area contributed by atoms with E-state index in [-0.39, 0.29) is 0 Å². The number of aromatic nitrogens is 1. The molecule has 2 heterocycles. The first-order valence-corrected chi connectivity index (χ1v) is 8.27. The Morgan fingerprint density at radius 2 is 1.95 bits per heavy atom. The Morgan fingerprint density at radius 3 is 2.60 bits per heavy atom. The fourth-order valence-electron chi connectivity index (χ4n) is 2.35. The minimum Gasteiger partial charge on any atom is -0.362 e. The van der Waals surface area contributed by atoms with E-state index in [2.05, 4.69) is 46.0 Å². The molecule has 1 fully saturated rings. The predicted molar refractivity (Wildman–Crippen MR) is 86.5 cm³/mol. The summed E-state index contributed by atoms with van der Waals surface area (Å²) in [5.41, 5.74) is 0. The molecular formula is C14H27N5S. The zero-order chi connectivity index (χ0) is 14.4. The van der Waals surface area contributed by atoms with E-state index >= 15 is 0 Å². The summed E-state index contributed by atoms with van der Waals surface area (Å²) in [5, 5.41) is 4.32. The number of nitrogens with zero attached hydrogens (tertiary/aromatic N) is 4. The average Bonchev–Trinajstić information content (AvgIpc) is 2.86. The summed E-state index contributed by atoms with van der Waals surface area (Å²) in [4.78, 5) is 13.1. The van der Waals surface area contributed by atoms with E-state index in [1.807, 2.05) is 6.20 Å². The molecule has 1 aromatic heterocycles. The minimum absolute atomic E-state index is 0.942. The van der Waals surface area contributed by atoms with Crippen molar-refractivity contribution in [1.82, 2.24) is 19.7 Å². The van der Waals surface area contributed by atoms with E-state index in [0.717, 1.165) is 24.8 Å². The molecule has 0 bridgehead atoms. The first-order chi connectivity index (χ1) is 9.67. The van der Waals surface area contributed by atoms with Gasteiger partial charge in [0.15, 0.2) is 5.13 Å². The highest BCUT2D eigenvalue weighted by Gasteiger charge is 2.17. The number of piperazine rings is 1. The van der Waals surface area contributed by atoms with Gasteiger partial charge in [-0.15, -0.1) is 11.3 Å². The summed E-state index contributed by atoms with van der Waals surface area (Å²) in [7, 11) is 4.28. The zero-order valence-corrected chi connectivity index (χ0v) is 13.7. The standard InChI is InChI=1S/C14H27N5S/c1-4-15-14-16-11-13(20-14)12-19-9-7-18(8-10-19)6-5-17(2)3/h11H,4-10,12H2,1-3H3,(H,15,16). The van der Waals surface area contributed by atoms with Crippen LogP contribution < -0.4 is 5.32 Å². The fraction of sp³-hybridized carbons (Fsp3) is 0.786. The van der Waals surface area contributed by atoms with Gasteiger partial charge in [-0.05, 0) is 21.0 Å². The minimum atomic E-state index is 0.942. The van der Waals surface area contributed by atoms with Crippen molar-refractivity contribution < 1.29 is 0 Å². The van der Waals surface area contributed by atoms with Crippen LogP contribution in [0.5, 0.6) is 0 Å². The Bertz CT molecular complexity index is 385. The third-order valence-electron chi connectivity index (χ3n) is 3.59. The van der Waals surface area contributed by atoms with Crippen molar-refractivity contribution in [2.75, 3.05) is 65.2 Å². The van der Waals surface area contributed by atoms with Crippen LogP contribution in [0.25, 0.3) is 0 Å². The molecule has 0 aliphatic carbocycles. The van der Waals surface area contributed by atoms with E-state index in [4.69, 9.17) is 0 Å². The second-order valence-electron chi connectivity index (χ2n) is 5.58. The van der Waals surface area contributed by atoms with E-state index in [0.29, 0.717) is 0 Å². The Labute approximate surface area is 126 Å². The lowest BCUT2D eigenvalue weighted by Gasteiger charge is -2.34. The molecule has 5 nitrogen and oxygen atoms in total. The highest BCUT2D eigenvalue weighted by atomic mass is 32.1. The van der Waals surface area contributed by atoms with Crippen LogP contribution in [0.15, 0.2) is 6.20 Å². The summed E-state index contributed by atoms with van der Waals surface area (Å²) in [6.07, 6.45) is 2.01. The van der Waals surface area contributed by atoms with Crippen LogP contribution in [0.4, 0.5) is 5.13 Å². The van der Waals surface area contributed by atoms with Crippen LogP contribution >= 0.6 is 11.3 Å². The van der Waals surface area contributed by atoms with Gasteiger partial charge in [-0.25, -0.2) is 4.98 Å². The molecule has 20 heavy (non-hydrogen) atoms. The fourth-order valence-corrected chi connectivity index (χ4v) is 3.27. The van der Waals surface area contributed by atoms with E-state index in [1.165, 1.54) is 37.6 Å². The molecule has 1 saturated heterocycles. The first-order valence-electron chi connectivity index (χ1n) is 7.45. The largest absolute Gasteiger partial charge is 0.362 e. The molecule has 0 unspecified atom stereocenters. The van der Waals surface area contributed by atoms with Gasteiger partial charge >= 0.3 is 0 Å². The Kier molecular flexibility index (Phi) is 6.22. The smallest absolute Gasteiger partial charge is 0.182 e. The molecular weight excluding hydrogens is 270 g/mol. The molecule has 0 radical (unpaired) electrons. The molecule has 1 aromatic rings. The summed E-state index contributed by atoms with van der Waals surface area (Å²) >= 11 is 1.78. The monoisotopic (exact) mass is 297 g/mol. The van der Waals surface area contributed by atoms with Crippen molar-refractivity contribution in [3.8, 4) is 0 Å². The topological polar surface area (TPSA) is 34.6 Å². The Balaban J connectivity index is 1.70.